The number of nitriles is 1. The van der Waals surface area contributed by atoms with Gasteiger partial charge in [-0.3, -0.25) is 9.88 Å². The van der Waals surface area contributed by atoms with Gasteiger partial charge in [0.15, 0.2) is 5.96 Å². The van der Waals surface area contributed by atoms with E-state index in [1.54, 1.807) is 6.20 Å². The minimum atomic E-state index is 0.165. The zero-order valence-electron chi connectivity index (χ0n) is 19.0. The van der Waals surface area contributed by atoms with Crippen LogP contribution >= 0.6 is 0 Å². The topological polar surface area (TPSA) is 76.3 Å². The van der Waals surface area contributed by atoms with E-state index in [9.17, 15) is 5.26 Å². The summed E-state index contributed by atoms with van der Waals surface area (Å²) in [5, 5.41) is 16.4. The number of hydrogen-bond acceptors (Lipinski definition) is 4. The third kappa shape index (κ3) is 4.47. The van der Waals surface area contributed by atoms with Crippen molar-refractivity contribution in [3.63, 3.8) is 0 Å². The molecule has 0 spiro atoms. The lowest BCUT2D eigenvalue weighted by molar-refractivity contribution is 0.115. The van der Waals surface area contributed by atoms with Crippen LogP contribution in [0.4, 0.5) is 0 Å². The second-order valence-electron chi connectivity index (χ2n) is 8.48. The molecule has 2 aromatic carbocycles. The molecule has 6 heteroatoms. The smallest absolute Gasteiger partial charge is 0.200 e. The highest BCUT2D eigenvalue weighted by Crippen LogP contribution is 2.33. The summed E-state index contributed by atoms with van der Waals surface area (Å²) in [5.41, 5.74) is 5.39. The first-order chi connectivity index (χ1) is 16.7. The maximum atomic E-state index is 9.81. The van der Waals surface area contributed by atoms with E-state index in [4.69, 9.17) is 4.99 Å². The molecule has 6 nitrogen and oxygen atoms in total. The lowest BCUT2D eigenvalue weighted by atomic mass is 9.93. The van der Waals surface area contributed by atoms with Gasteiger partial charge in [-0.2, -0.15) is 5.26 Å². The number of allylic oxidation sites excluding steroid dienone is 2. The Morgan fingerprint density at radius 1 is 1.00 bits per heavy atom. The van der Waals surface area contributed by atoms with Crippen molar-refractivity contribution in [2.45, 2.75) is 19.0 Å². The Labute approximate surface area is 200 Å². The van der Waals surface area contributed by atoms with Gasteiger partial charge in [-0.15, -0.1) is 0 Å². The molecule has 3 heterocycles. The molecule has 0 saturated carbocycles. The summed E-state index contributed by atoms with van der Waals surface area (Å²) >= 11 is 0. The minimum Gasteiger partial charge on any atom is -0.332 e. The predicted molar refractivity (Wildman–Crippen MR) is 134 cm³/mol. The van der Waals surface area contributed by atoms with E-state index in [1.807, 2.05) is 31.3 Å². The maximum Gasteiger partial charge on any atom is 0.200 e. The molecule has 3 aromatic rings. The molecule has 0 atom stereocenters. The van der Waals surface area contributed by atoms with Gasteiger partial charge in [0, 0.05) is 25.5 Å². The molecular weight excluding hydrogens is 420 g/mol. The van der Waals surface area contributed by atoms with E-state index in [2.05, 4.69) is 87.3 Å². The lowest BCUT2D eigenvalue weighted by Gasteiger charge is -2.43. The first-order valence-corrected chi connectivity index (χ1v) is 11.4. The second-order valence-corrected chi connectivity index (χ2v) is 8.48. The molecule has 34 heavy (non-hydrogen) atoms. The molecule has 1 fully saturated rings. The SMILES string of the molecule is CC1=CNC(=NC2CN(C(c3ccccc3)c3ccccc3)C2)NC1=C(C#N)c1ccccn1. The van der Waals surface area contributed by atoms with Gasteiger partial charge in [-0.1, -0.05) is 66.7 Å². The van der Waals surface area contributed by atoms with Gasteiger partial charge in [-0.05, 0) is 35.8 Å². The zero-order valence-corrected chi connectivity index (χ0v) is 19.0. The van der Waals surface area contributed by atoms with Crippen LogP contribution in [0.15, 0.2) is 108 Å². The summed E-state index contributed by atoms with van der Waals surface area (Å²) in [6, 6.07) is 29.5. The number of rotatable bonds is 5. The zero-order chi connectivity index (χ0) is 23.3. The summed E-state index contributed by atoms with van der Waals surface area (Å²) < 4.78 is 0. The first-order valence-electron chi connectivity index (χ1n) is 11.4. The standard InChI is InChI=1S/C28H26N6/c1-20-17-31-28(33-26(20)24(16-29)25-14-8-9-15-30-25)32-23-18-34(19-23)27(21-10-4-2-5-11-21)22-12-6-3-7-13-22/h2-15,17,23,27H,18-19H2,1H3,(H2,31,32,33). The minimum absolute atomic E-state index is 0.165. The van der Waals surface area contributed by atoms with E-state index in [0.29, 0.717) is 17.2 Å². The van der Waals surface area contributed by atoms with Crippen LogP contribution in [0, 0.1) is 11.3 Å². The fourth-order valence-electron chi connectivity index (χ4n) is 4.43. The van der Waals surface area contributed by atoms with Crippen LogP contribution in [0.5, 0.6) is 0 Å². The Balaban J connectivity index is 1.34. The number of pyridine rings is 1. The molecule has 1 aromatic heterocycles. The average Bonchev–Trinajstić information content (AvgIpc) is 2.87. The first kappa shape index (κ1) is 21.6. The van der Waals surface area contributed by atoms with Crippen molar-refractivity contribution in [3.8, 4) is 6.07 Å². The largest absolute Gasteiger partial charge is 0.332 e. The Bertz CT molecular complexity index is 1230. The predicted octanol–water partition coefficient (Wildman–Crippen LogP) is 4.24. The Morgan fingerprint density at radius 3 is 2.24 bits per heavy atom. The average molecular weight is 447 g/mol. The molecule has 0 amide bonds. The van der Waals surface area contributed by atoms with Gasteiger partial charge in [0.1, 0.15) is 11.6 Å². The van der Waals surface area contributed by atoms with E-state index in [1.165, 1.54) is 11.1 Å². The number of aliphatic imine (C=N–C) groups is 1. The summed E-state index contributed by atoms with van der Waals surface area (Å²) in [4.78, 5) is 11.7. The maximum absolute atomic E-state index is 9.81. The summed E-state index contributed by atoms with van der Waals surface area (Å²) in [6.07, 6.45) is 3.58. The monoisotopic (exact) mass is 446 g/mol. The third-order valence-corrected chi connectivity index (χ3v) is 6.14. The van der Waals surface area contributed by atoms with E-state index in [0.717, 1.165) is 24.4 Å². The van der Waals surface area contributed by atoms with Gasteiger partial charge < -0.3 is 10.6 Å². The Kier molecular flexibility index (Phi) is 6.19. The number of likely N-dealkylation sites (tertiary alicyclic amines) is 1. The molecular formula is C28H26N6. The number of hydrogen-bond donors (Lipinski definition) is 2. The van der Waals surface area contributed by atoms with Crippen molar-refractivity contribution in [1.82, 2.24) is 20.5 Å². The van der Waals surface area contributed by atoms with Gasteiger partial charge in [0.05, 0.1) is 23.5 Å². The number of nitrogens with zero attached hydrogens (tertiary/aromatic N) is 4. The molecule has 168 valence electrons. The van der Waals surface area contributed by atoms with E-state index >= 15 is 0 Å². The van der Waals surface area contributed by atoms with Crippen LogP contribution in [0.2, 0.25) is 0 Å². The number of benzene rings is 2. The fourth-order valence-corrected chi connectivity index (χ4v) is 4.43. The van der Waals surface area contributed by atoms with Crippen LogP contribution < -0.4 is 10.6 Å². The van der Waals surface area contributed by atoms with Crippen LogP contribution in [-0.2, 0) is 0 Å². The molecule has 2 aliphatic rings. The van der Waals surface area contributed by atoms with Gasteiger partial charge in [-0.25, -0.2) is 4.99 Å². The molecule has 0 aliphatic carbocycles. The summed E-state index contributed by atoms with van der Waals surface area (Å²) in [6.45, 7) is 3.67. The van der Waals surface area contributed by atoms with Crippen molar-refractivity contribution < 1.29 is 0 Å². The highest BCUT2D eigenvalue weighted by Gasteiger charge is 2.34. The van der Waals surface area contributed by atoms with Gasteiger partial charge >= 0.3 is 0 Å². The second kappa shape index (κ2) is 9.74. The fraction of sp³-hybridized carbons (Fsp3) is 0.179. The highest BCUT2D eigenvalue weighted by atomic mass is 15.3. The van der Waals surface area contributed by atoms with Gasteiger partial charge in [0.2, 0.25) is 0 Å². The molecule has 2 aliphatic heterocycles. The third-order valence-electron chi connectivity index (χ3n) is 6.14. The number of guanidine groups is 1. The molecule has 2 N–H and O–H groups in total. The quantitative estimate of drug-likeness (QED) is 0.573. The number of nitrogens with one attached hydrogen (secondary N) is 2. The molecule has 0 unspecified atom stereocenters. The van der Waals surface area contributed by atoms with E-state index < -0.39 is 0 Å². The van der Waals surface area contributed by atoms with Crippen molar-refractivity contribution in [2.24, 2.45) is 4.99 Å². The van der Waals surface area contributed by atoms with Gasteiger partial charge in [0.25, 0.3) is 0 Å². The van der Waals surface area contributed by atoms with Crippen LogP contribution in [0.25, 0.3) is 5.57 Å². The van der Waals surface area contributed by atoms with Crippen molar-refractivity contribution in [2.75, 3.05) is 13.1 Å². The van der Waals surface area contributed by atoms with Crippen LogP contribution in [-0.4, -0.2) is 35.0 Å². The number of aromatic nitrogens is 1. The Hall–Kier alpha value is -4.21. The lowest BCUT2D eigenvalue weighted by Crippen LogP contribution is -2.53. The van der Waals surface area contributed by atoms with Crippen molar-refractivity contribution in [1.29, 1.82) is 5.26 Å². The van der Waals surface area contributed by atoms with Crippen LogP contribution in [0.3, 0.4) is 0 Å². The summed E-state index contributed by atoms with van der Waals surface area (Å²) in [5.74, 6) is 0.657. The highest BCUT2D eigenvalue weighted by molar-refractivity contribution is 5.91. The summed E-state index contributed by atoms with van der Waals surface area (Å²) in [7, 11) is 0. The molecule has 1 saturated heterocycles. The Morgan fingerprint density at radius 2 is 1.65 bits per heavy atom. The van der Waals surface area contributed by atoms with Crippen LogP contribution in [0.1, 0.15) is 29.8 Å². The van der Waals surface area contributed by atoms with E-state index in [-0.39, 0.29) is 12.1 Å². The van der Waals surface area contributed by atoms with Crippen molar-refractivity contribution >= 4 is 11.5 Å². The normalized spacial score (nSPS) is 19.0. The molecule has 0 radical (unpaired) electrons. The molecule has 5 rings (SSSR count). The molecule has 0 bridgehead atoms. The van der Waals surface area contributed by atoms with Crippen molar-refractivity contribution in [3.05, 3.63) is 119 Å².